The predicted molar refractivity (Wildman–Crippen MR) is 97.4 cm³/mol. The molecule has 0 radical (unpaired) electrons. The standard InChI is InChI=1S/C21H35N/c1-3-4-5-6-7-8-9-12-18-22(2)21-17-13-15-19-14-10-11-16-20(19)21/h10-11,14,16,21H,3-9,12-13,15,17-18H2,1-2H3/t21-/m1/s1. The molecule has 1 heteroatoms. The van der Waals surface area contributed by atoms with Gasteiger partial charge >= 0.3 is 0 Å². The molecular weight excluding hydrogens is 266 g/mol. The van der Waals surface area contributed by atoms with Crippen molar-refractivity contribution in [3.63, 3.8) is 0 Å². The summed E-state index contributed by atoms with van der Waals surface area (Å²) in [6, 6.07) is 9.74. The minimum atomic E-state index is 0.662. The number of rotatable bonds is 10. The van der Waals surface area contributed by atoms with Crippen LogP contribution in [0.15, 0.2) is 24.3 Å². The first kappa shape index (κ1) is 17.5. The molecule has 0 amide bonds. The molecule has 1 aliphatic carbocycles. The predicted octanol–water partition coefficient (Wildman–Crippen LogP) is 6.14. The Balaban J connectivity index is 1.65. The van der Waals surface area contributed by atoms with E-state index in [2.05, 4.69) is 43.1 Å². The van der Waals surface area contributed by atoms with E-state index >= 15 is 0 Å². The Labute approximate surface area is 138 Å². The number of nitrogens with zero attached hydrogens (tertiary/aromatic N) is 1. The molecule has 0 N–H and O–H groups in total. The first-order chi connectivity index (χ1) is 10.8. The summed E-state index contributed by atoms with van der Waals surface area (Å²) < 4.78 is 0. The maximum atomic E-state index is 2.61. The van der Waals surface area contributed by atoms with Gasteiger partial charge in [-0.1, -0.05) is 76.1 Å². The van der Waals surface area contributed by atoms with Crippen molar-refractivity contribution in [2.24, 2.45) is 0 Å². The third-order valence-corrected chi connectivity index (χ3v) is 5.23. The highest BCUT2D eigenvalue weighted by molar-refractivity contribution is 5.32. The van der Waals surface area contributed by atoms with Crippen LogP contribution >= 0.6 is 0 Å². The zero-order chi connectivity index (χ0) is 15.6. The largest absolute Gasteiger partial charge is 0.299 e. The monoisotopic (exact) mass is 301 g/mol. The zero-order valence-electron chi connectivity index (χ0n) is 14.8. The van der Waals surface area contributed by atoms with Gasteiger partial charge in [0.05, 0.1) is 0 Å². The van der Waals surface area contributed by atoms with E-state index in [1.165, 1.54) is 77.2 Å². The zero-order valence-corrected chi connectivity index (χ0v) is 14.8. The third-order valence-electron chi connectivity index (χ3n) is 5.23. The molecule has 22 heavy (non-hydrogen) atoms. The van der Waals surface area contributed by atoms with Gasteiger partial charge in [0.1, 0.15) is 0 Å². The molecule has 1 aromatic carbocycles. The van der Waals surface area contributed by atoms with Gasteiger partial charge in [0, 0.05) is 6.04 Å². The van der Waals surface area contributed by atoms with E-state index < -0.39 is 0 Å². The van der Waals surface area contributed by atoms with Crippen molar-refractivity contribution in [1.82, 2.24) is 4.90 Å². The van der Waals surface area contributed by atoms with Crippen LogP contribution in [-0.2, 0) is 6.42 Å². The highest BCUT2D eigenvalue weighted by atomic mass is 15.1. The first-order valence-electron chi connectivity index (χ1n) is 9.61. The molecule has 1 nitrogen and oxygen atoms in total. The molecular formula is C21H35N. The number of aryl methyl sites for hydroxylation is 1. The number of benzene rings is 1. The quantitative estimate of drug-likeness (QED) is 0.469. The van der Waals surface area contributed by atoms with Gasteiger partial charge in [0.2, 0.25) is 0 Å². The van der Waals surface area contributed by atoms with Crippen LogP contribution in [0.4, 0.5) is 0 Å². The van der Waals surface area contributed by atoms with Crippen LogP contribution < -0.4 is 0 Å². The molecule has 1 aromatic rings. The fourth-order valence-electron chi connectivity index (χ4n) is 3.84. The number of unbranched alkanes of at least 4 members (excludes halogenated alkanes) is 7. The van der Waals surface area contributed by atoms with Crippen LogP contribution in [0.3, 0.4) is 0 Å². The van der Waals surface area contributed by atoms with Crippen molar-refractivity contribution in [1.29, 1.82) is 0 Å². The van der Waals surface area contributed by atoms with Gasteiger partial charge in [0.25, 0.3) is 0 Å². The Morgan fingerprint density at radius 2 is 1.64 bits per heavy atom. The molecule has 0 aliphatic heterocycles. The Morgan fingerprint density at radius 1 is 0.955 bits per heavy atom. The molecule has 2 rings (SSSR count). The third kappa shape index (κ3) is 5.43. The topological polar surface area (TPSA) is 3.24 Å². The molecule has 0 aromatic heterocycles. The van der Waals surface area contributed by atoms with Crippen molar-refractivity contribution in [3.8, 4) is 0 Å². The molecule has 0 unspecified atom stereocenters. The first-order valence-corrected chi connectivity index (χ1v) is 9.61. The van der Waals surface area contributed by atoms with Gasteiger partial charge in [-0.15, -0.1) is 0 Å². The van der Waals surface area contributed by atoms with Gasteiger partial charge in [0.15, 0.2) is 0 Å². The van der Waals surface area contributed by atoms with Crippen molar-refractivity contribution in [2.45, 2.75) is 83.6 Å². The minimum absolute atomic E-state index is 0.662. The normalized spacial score (nSPS) is 17.7. The molecule has 0 spiro atoms. The molecule has 1 atom stereocenters. The van der Waals surface area contributed by atoms with Gasteiger partial charge in [-0.3, -0.25) is 4.90 Å². The number of hydrogen-bond donors (Lipinski definition) is 0. The van der Waals surface area contributed by atoms with Crippen molar-refractivity contribution in [2.75, 3.05) is 13.6 Å². The van der Waals surface area contributed by atoms with E-state index in [1.807, 2.05) is 0 Å². The lowest BCUT2D eigenvalue weighted by atomic mass is 9.87. The molecule has 0 saturated heterocycles. The second-order valence-corrected chi connectivity index (χ2v) is 7.06. The second-order valence-electron chi connectivity index (χ2n) is 7.06. The summed E-state index contributed by atoms with van der Waals surface area (Å²) in [4.78, 5) is 2.61. The Kier molecular flexibility index (Phi) is 8.01. The summed E-state index contributed by atoms with van der Waals surface area (Å²) in [5.41, 5.74) is 3.18. The van der Waals surface area contributed by atoms with Crippen molar-refractivity contribution < 1.29 is 0 Å². The lowest BCUT2D eigenvalue weighted by Gasteiger charge is -2.33. The van der Waals surface area contributed by atoms with Gasteiger partial charge < -0.3 is 0 Å². The molecule has 1 aliphatic rings. The SMILES string of the molecule is CCCCCCCCCCN(C)[C@@H]1CCCc2ccccc21. The lowest BCUT2D eigenvalue weighted by molar-refractivity contribution is 0.216. The second kappa shape index (κ2) is 10.0. The van der Waals surface area contributed by atoms with Crippen molar-refractivity contribution >= 4 is 0 Å². The van der Waals surface area contributed by atoms with Gasteiger partial charge in [-0.2, -0.15) is 0 Å². The molecule has 0 saturated carbocycles. The van der Waals surface area contributed by atoms with Crippen LogP contribution in [0.5, 0.6) is 0 Å². The summed E-state index contributed by atoms with van der Waals surface area (Å²) in [7, 11) is 2.33. The fraction of sp³-hybridized carbons (Fsp3) is 0.714. The Bertz CT molecular complexity index is 412. The summed E-state index contributed by atoms with van der Waals surface area (Å²) in [6.07, 6.45) is 15.3. The Morgan fingerprint density at radius 3 is 2.41 bits per heavy atom. The Hall–Kier alpha value is -0.820. The van der Waals surface area contributed by atoms with Crippen LogP contribution in [0, 0.1) is 0 Å². The fourth-order valence-corrected chi connectivity index (χ4v) is 3.84. The molecule has 0 bridgehead atoms. The summed E-state index contributed by atoms with van der Waals surface area (Å²) in [5.74, 6) is 0. The van der Waals surface area contributed by atoms with E-state index in [1.54, 1.807) is 11.1 Å². The summed E-state index contributed by atoms with van der Waals surface area (Å²) in [5, 5.41) is 0. The van der Waals surface area contributed by atoms with E-state index in [0.717, 1.165) is 0 Å². The van der Waals surface area contributed by atoms with Crippen LogP contribution in [0.25, 0.3) is 0 Å². The maximum absolute atomic E-state index is 2.61. The number of fused-ring (bicyclic) bond motifs is 1. The van der Waals surface area contributed by atoms with E-state index in [0.29, 0.717) is 6.04 Å². The van der Waals surface area contributed by atoms with Crippen LogP contribution in [0.2, 0.25) is 0 Å². The van der Waals surface area contributed by atoms with Crippen LogP contribution in [0.1, 0.15) is 88.3 Å². The molecule has 0 fully saturated rings. The summed E-state index contributed by atoms with van der Waals surface area (Å²) >= 11 is 0. The lowest BCUT2D eigenvalue weighted by Crippen LogP contribution is -2.28. The summed E-state index contributed by atoms with van der Waals surface area (Å²) in [6.45, 7) is 3.55. The van der Waals surface area contributed by atoms with E-state index in [4.69, 9.17) is 0 Å². The maximum Gasteiger partial charge on any atom is 0.0347 e. The molecule has 0 heterocycles. The van der Waals surface area contributed by atoms with Gasteiger partial charge in [-0.05, 0) is 50.4 Å². The minimum Gasteiger partial charge on any atom is -0.299 e. The number of hydrogen-bond acceptors (Lipinski definition) is 1. The van der Waals surface area contributed by atoms with Crippen LogP contribution in [-0.4, -0.2) is 18.5 Å². The highest BCUT2D eigenvalue weighted by Crippen LogP contribution is 2.33. The van der Waals surface area contributed by atoms with E-state index in [9.17, 15) is 0 Å². The van der Waals surface area contributed by atoms with Crippen molar-refractivity contribution in [3.05, 3.63) is 35.4 Å². The smallest absolute Gasteiger partial charge is 0.0347 e. The van der Waals surface area contributed by atoms with E-state index in [-0.39, 0.29) is 0 Å². The average molecular weight is 302 g/mol. The molecule has 124 valence electrons. The average Bonchev–Trinajstić information content (AvgIpc) is 2.56. The highest BCUT2D eigenvalue weighted by Gasteiger charge is 2.22. The van der Waals surface area contributed by atoms with Gasteiger partial charge in [-0.25, -0.2) is 0 Å².